The lowest BCUT2D eigenvalue weighted by Gasteiger charge is -2.34. The lowest BCUT2D eigenvalue weighted by atomic mass is 10.3. The summed E-state index contributed by atoms with van der Waals surface area (Å²) in [7, 11) is 1.84. The van der Waals surface area contributed by atoms with E-state index < -0.39 is 0 Å². The van der Waals surface area contributed by atoms with Crippen LogP contribution in [0.5, 0.6) is 0 Å². The van der Waals surface area contributed by atoms with Crippen LogP contribution in [0.1, 0.15) is 6.92 Å². The second kappa shape index (κ2) is 6.37. The summed E-state index contributed by atoms with van der Waals surface area (Å²) < 4.78 is 1.70. The summed E-state index contributed by atoms with van der Waals surface area (Å²) in [5.74, 6) is 1.14. The molecule has 0 aromatic carbocycles. The van der Waals surface area contributed by atoms with Crippen molar-refractivity contribution < 1.29 is 4.79 Å². The van der Waals surface area contributed by atoms with Gasteiger partial charge in [0, 0.05) is 39.8 Å². The van der Waals surface area contributed by atoms with Gasteiger partial charge < -0.3 is 16.0 Å². The Bertz CT molecular complexity index is 704. The third kappa shape index (κ3) is 3.19. The molecule has 1 amide bonds. The number of carbonyl (C=O) groups is 1. The van der Waals surface area contributed by atoms with Gasteiger partial charge in [-0.1, -0.05) is 0 Å². The van der Waals surface area contributed by atoms with Crippen LogP contribution in [0.3, 0.4) is 0 Å². The third-order valence-corrected chi connectivity index (χ3v) is 4.01. The number of nitrogen functional groups attached to an aromatic ring is 1. The molecule has 2 aromatic heterocycles. The molecular weight excluding hydrogens is 296 g/mol. The number of hydrogen-bond acceptors (Lipinski definition) is 7. The number of nitrogens with zero attached hydrogens (tertiary/aromatic N) is 6. The van der Waals surface area contributed by atoms with E-state index in [1.807, 2.05) is 14.0 Å². The Hall–Kier alpha value is -2.42. The SMILES string of the molecule is CCNC(=O)CN1CCN(c2nc(N)c3cnn(C)c3n2)CC1. The fourth-order valence-electron chi connectivity index (χ4n) is 2.74. The largest absolute Gasteiger partial charge is 0.383 e. The fraction of sp³-hybridized carbons (Fsp3) is 0.571. The highest BCUT2D eigenvalue weighted by molar-refractivity contribution is 5.86. The van der Waals surface area contributed by atoms with Crippen molar-refractivity contribution in [2.45, 2.75) is 6.92 Å². The standard InChI is InChI=1S/C14H22N8O/c1-3-16-11(23)9-21-4-6-22(7-5-21)14-18-12(15)10-8-17-20(2)13(10)19-14/h8H,3-7,9H2,1-2H3,(H,16,23)(H2,15,18,19). The van der Waals surface area contributed by atoms with E-state index in [4.69, 9.17) is 5.73 Å². The van der Waals surface area contributed by atoms with Gasteiger partial charge in [0.2, 0.25) is 11.9 Å². The van der Waals surface area contributed by atoms with Gasteiger partial charge in [-0.3, -0.25) is 14.4 Å². The van der Waals surface area contributed by atoms with Crippen molar-refractivity contribution in [3.8, 4) is 0 Å². The van der Waals surface area contributed by atoms with Crippen LogP contribution in [-0.4, -0.2) is 69.8 Å². The molecule has 1 fully saturated rings. The molecule has 3 heterocycles. The molecule has 1 saturated heterocycles. The van der Waals surface area contributed by atoms with Crippen LogP contribution < -0.4 is 16.0 Å². The molecule has 9 heteroatoms. The van der Waals surface area contributed by atoms with E-state index in [1.54, 1.807) is 10.9 Å². The van der Waals surface area contributed by atoms with E-state index in [0.717, 1.165) is 37.2 Å². The summed E-state index contributed by atoms with van der Waals surface area (Å²) in [6.45, 7) is 6.15. The van der Waals surface area contributed by atoms with Gasteiger partial charge in [0.1, 0.15) is 5.82 Å². The quantitative estimate of drug-likeness (QED) is 0.760. The van der Waals surface area contributed by atoms with Crippen LogP contribution in [0.15, 0.2) is 6.20 Å². The smallest absolute Gasteiger partial charge is 0.234 e. The number of nitrogens with two attached hydrogens (primary N) is 1. The van der Waals surface area contributed by atoms with Crippen molar-refractivity contribution in [1.82, 2.24) is 30.0 Å². The van der Waals surface area contributed by atoms with Crippen molar-refractivity contribution in [1.29, 1.82) is 0 Å². The minimum absolute atomic E-state index is 0.0674. The first-order chi connectivity index (χ1) is 11.1. The number of hydrogen-bond donors (Lipinski definition) is 2. The zero-order valence-electron chi connectivity index (χ0n) is 13.5. The molecule has 1 aliphatic heterocycles. The Kier molecular flexibility index (Phi) is 4.28. The first-order valence-electron chi connectivity index (χ1n) is 7.77. The maximum absolute atomic E-state index is 11.6. The maximum atomic E-state index is 11.6. The normalized spacial score (nSPS) is 16.0. The summed E-state index contributed by atoms with van der Waals surface area (Å²) in [5.41, 5.74) is 6.74. The number of carbonyl (C=O) groups excluding carboxylic acids is 1. The van der Waals surface area contributed by atoms with Gasteiger partial charge >= 0.3 is 0 Å². The topological polar surface area (TPSA) is 105 Å². The Morgan fingerprint density at radius 2 is 2.04 bits per heavy atom. The third-order valence-electron chi connectivity index (χ3n) is 4.01. The van der Waals surface area contributed by atoms with Crippen LogP contribution in [0.4, 0.5) is 11.8 Å². The average Bonchev–Trinajstić information content (AvgIpc) is 2.90. The maximum Gasteiger partial charge on any atom is 0.234 e. The molecule has 0 saturated carbocycles. The number of fused-ring (bicyclic) bond motifs is 1. The molecular formula is C14H22N8O. The molecule has 124 valence electrons. The average molecular weight is 318 g/mol. The van der Waals surface area contributed by atoms with E-state index in [0.29, 0.717) is 24.9 Å². The molecule has 2 aromatic rings. The molecule has 0 bridgehead atoms. The van der Waals surface area contributed by atoms with Crippen molar-refractivity contribution in [3.05, 3.63) is 6.20 Å². The second-order valence-corrected chi connectivity index (χ2v) is 5.63. The summed E-state index contributed by atoms with van der Waals surface area (Å²) >= 11 is 0. The summed E-state index contributed by atoms with van der Waals surface area (Å²) in [5, 5.41) is 7.76. The Morgan fingerprint density at radius 1 is 1.30 bits per heavy atom. The minimum atomic E-state index is 0.0674. The second-order valence-electron chi connectivity index (χ2n) is 5.63. The van der Waals surface area contributed by atoms with Gasteiger partial charge in [-0.2, -0.15) is 15.1 Å². The molecule has 0 atom stereocenters. The highest BCUT2D eigenvalue weighted by Gasteiger charge is 2.22. The molecule has 23 heavy (non-hydrogen) atoms. The number of amides is 1. The number of rotatable bonds is 4. The van der Waals surface area contributed by atoms with Gasteiger partial charge in [0.05, 0.1) is 18.1 Å². The minimum Gasteiger partial charge on any atom is -0.383 e. The number of likely N-dealkylation sites (N-methyl/N-ethyl adjacent to an activating group) is 1. The summed E-state index contributed by atoms with van der Waals surface area (Å²) in [4.78, 5) is 24.8. The number of piperazine rings is 1. The first kappa shape index (κ1) is 15.5. The van der Waals surface area contributed by atoms with Crippen LogP contribution >= 0.6 is 0 Å². The predicted octanol–water partition coefficient (Wildman–Crippen LogP) is -0.796. The van der Waals surface area contributed by atoms with Crippen molar-refractivity contribution in [2.24, 2.45) is 7.05 Å². The Labute approximate surface area is 134 Å². The molecule has 3 rings (SSSR count). The van der Waals surface area contributed by atoms with Crippen LogP contribution in [0.2, 0.25) is 0 Å². The highest BCUT2D eigenvalue weighted by atomic mass is 16.2. The Morgan fingerprint density at radius 3 is 2.74 bits per heavy atom. The Balaban J connectivity index is 1.68. The predicted molar refractivity (Wildman–Crippen MR) is 88.1 cm³/mol. The van der Waals surface area contributed by atoms with Crippen molar-refractivity contribution in [3.63, 3.8) is 0 Å². The lowest BCUT2D eigenvalue weighted by Crippen LogP contribution is -2.50. The number of aromatic nitrogens is 4. The summed E-state index contributed by atoms with van der Waals surface area (Å²) in [6.07, 6.45) is 1.68. The van der Waals surface area contributed by atoms with Gasteiger partial charge in [-0.05, 0) is 6.92 Å². The number of nitrogens with one attached hydrogen (secondary N) is 1. The van der Waals surface area contributed by atoms with E-state index in [1.165, 1.54) is 0 Å². The first-order valence-corrected chi connectivity index (χ1v) is 7.77. The van der Waals surface area contributed by atoms with Crippen LogP contribution in [0.25, 0.3) is 11.0 Å². The van der Waals surface area contributed by atoms with Gasteiger partial charge in [-0.15, -0.1) is 0 Å². The van der Waals surface area contributed by atoms with Gasteiger partial charge in [0.25, 0.3) is 0 Å². The molecule has 3 N–H and O–H groups in total. The number of anilines is 2. The van der Waals surface area contributed by atoms with Crippen molar-refractivity contribution in [2.75, 3.05) is 49.9 Å². The molecule has 0 unspecified atom stereocenters. The van der Waals surface area contributed by atoms with Gasteiger partial charge in [-0.25, -0.2) is 0 Å². The van der Waals surface area contributed by atoms with Gasteiger partial charge in [0.15, 0.2) is 5.65 Å². The summed E-state index contributed by atoms with van der Waals surface area (Å²) in [6, 6.07) is 0. The van der Waals surface area contributed by atoms with E-state index in [-0.39, 0.29) is 5.91 Å². The zero-order chi connectivity index (χ0) is 16.4. The van der Waals surface area contributed by atoms with E-state index >= 15 is 0 Å². The monoisotopic (exact) mass is 318 g/mol. The number of aryl methyl sites for hydroxylation is 1. The fourth-order valence-corrected chi connectivity index (χ4v) is 2.74. The zero-order valence-corrected chi connectivity index (χ0v) is 13.5. The molecule has 0 aliphatic carbocycles. The lowest BCUT2D eigenvalue weighted by molar-refractivity contribution is -0.122. The van der Waals surface area contributed by atoms with Crippen LogP contribution in [0, 0.1) is 0 Å². The molecule has 0 spiro atoms. The highest BCUT2D eigenvalue weighted by Crippen LogP contribution is 2.21. The molecule has 9 nitrogen and oxygen atoms in total. The van der Waals surface area contributed by atoms with Crippen LogP contribution in [-0.2, 0) is 11.8 Å². The van der Waals surface area contributed by atoms with Crippen molar-refractivity contribution >= 4 is 28.7 Å². The van der Waals surface area contributed by atoms with E-state index in [9.17, 15) is 4.79 Å². The van der Waals surface area contributed by atoms with E-state index in [2.05, 4.69) is 30.2 Å². The molecule has 0 radical (unpaired) electrons. The molecule has 1 aliphatic rings.